The Bertz CT molecular complexity index is 1120. The van der Waals surface area contributed by atoms with Crippen LogP contribution in [-0.2, 0) is 17.9 Å². The van der Waals surface area contributed by atoms with Gasteiger partial charge in [-0.25, -0.2) is 4.39 Å². The monoisotopic (exact) mass is 477 g/mol. The first-order chi connectivity index (χ1) is 16.9. The van der Waals surface area contributed by atoms with Gasteiger partial charge in [-0.05, 0) is 49.6 Å². The van der Waals surface area contributed by atoms with Crippen molar-refractivity contribution in [2.24, 2.45) is 0 Å². The topological polar surface area (TPSA) is 45.6 Å². The molecule has 6 heteroatoms. The molecule has 2 aromatic carbocycles. The Morgan fingerprint density at radius 2 is 1.71 bits per heavy atom. The molecule has 0 aliphatic heterocycles. The van der Waals surface area contributed by atoms with Gasteiger partial charge in [-0.15, -0.1) is 0 Å². The summed E-state index contributed by atoms with van der Waals surface area (Å²) in [5, 5.41) is 0. The van der Waals surface area contributed by atoms with Gasteiger partial charge in [0, 0.05) is 31.5 Å². The summed E-state index contributed by atoms with van der Waals surface area (Å²) in [5.74, 6) is -1.14. The van der Waals surface area contributed by atoms with Crippen LogP contribution in [0.3, 0.4) is 0 Å². The summed E-state index contributed by atoms with van der Waals surface area (Å²) >= 11 is 0. The third-order valence-corrected chi connectivity index (χ3v) is 6.06. The molecule has 0 N–H and O–H groups in total. The van der Waals surface area contributed by atoms with E-state index in [2.05, 4.69) is 42.7 Å². The molecule has 2 amide bonds. The third kappa shape index (κ3) is 7.28. The van der Waals surface area contributed by atoms with Gasteiger partial charge in [0.05, 0.1) is 12.1 Å². The maximum atomic E-state index is 14.3. The van der Waals surface area contributed by atoms with Crippen LogP contribution in [0.2, 0.25) is 0 Å². The highest BCUT2D eigenvalue weighted by Gasteiger charge is 2.24. The molecule has 0 atom stereocenters. The first-order valence-electron chi connectivity index (χ1n) is 12.4. The standard InChI is InChI=1S/C29H36FN3O2/c1-4-6-17-32(21-25-13-10-18-31(25)20-24-12-9-11-23(3)19-24)28(34)22-33(16-5-2)29(35)26-14-7-8-15-27(26)30/h7-15,18-19H,4-6,16-17,20-22H2,1-3H3. The van der Waals surface area contributed by atoms with Gasteiger partial charge in [-0.1, -0.05) is 62.2 Å². The molecule has 1 heterocycles. The van der Waals surface area contributed by atoms with E-state index in [-0.39, 0.29) is 18.0 Å². The van der Waals surface area contributed by atoms with Crippen LogP contribution in [0.5, 0.6) is 0 Å². The summed E-state index contributed by atoms with van der Waals surface area (Å²) in [4.78, 5) is 29.8. The highest BCUT2D eigenvalue weighted by molar-refractivity contribution is 5.96. The zero-order valence-corrected chi connectivity index (χ0v) is 21.0. The van der Waals surface area contributed by atoms with Crippen LogP contribution in [0.15, 0.2) is 66.9 Å². The first kappa shape index (κ1) is 26.2. The summed E-state index contributed by atoms with van der Waals surface area (Å²) in [6, 6.07) is 18.4. The fourth-order valence-electron chi connectivity index (χ4n) is 4.18. The van der Waals surface area contributed by atoms with Crippen LogP contribution >= 0.6 is 0 Å². The SMILES string of the molecule is CCCCN(Cc1cccn1Cc1cccc(C)c1)C(=O)CN(CCC)C(=O)c1ccccc1F. The summed E-state index contributed by atoms with van der Waals surface area (Å²) in [6.07, 6.45) is 4.55. The molecule has 0 aliphatic carbocycles. The number of benzene rings is 2. The van der Waals surface area contributed by atoms with E-state index in [1.54, 1.807) is 12.1 Å². The maximum Gasteiger partial charge on any atom is 0.257 e. The van der Waals surface area contributed by atoms with E-state index in [0.29, 0.717) is 26.1 Å². The molecule has 5 nitrogen and oxygen atoms in total. The number of carbonyl (C=O) groups is 2. The van der Waals surface area contributed by atoms with Gasteiger partial charge in [0.25, 0.3) is 5.91 Å². The number of hydrogen-bond acceptors (Lipinski definition) is 2. The molecule has 35 heavy (non-hydrogen) atoms. The van der Waals surface area contributed by atoms with Crippen molar-refractivity contribution in [1.29, 1.82) is 0 Å². The van der Waals surface area contributed by atoms with Gasteiger partial charge in [0.15, 0.2) is 0 Å². The minimum atomic E-state index is -0.567. The van der Waals surface area contributed by atoms with Gasteiger partial charge in [0.2, 0.25) is 5.91 Å². The number of rotatable bonds is 12. The van der Waals surface area contributed by atoms with Crippen molar-refractivity contribution < 1.29 is 14.0 Å². The molecule has 0 bridgehead atoms. The lowest BCUT2D eigenvalue weighted by Gasteiger charge is -2.28. The molecule has 0 radical (unpaired) electrons. The smallest absolute Gasteiger partial charge is 0.257 e. The average molecular weight is 478 g/mol. The molecule has 0 saturated carbocycles. The normalized spacial score (nSPS) is 10.9. The van der Waals surface area contributed by atoms with Crippen LogP contribution in [-0.4, -0.2) is 45.8 Å². The second-order valence-corrected chi connectivity index (χ2v) is 8.99. The van der Waals surface area contributed by atoms with Gasteiger partial charge in [-0.2, -0.15) is 0 Å². The molecule has 186 valence electrons. The molecular weight excluding hydrogens is 441 g/mol. The summed E-state index contributed by atoms with van der Waals surface area (Å²) < 4.78 is 16.4. The Labute approximate surface area is 208 Å². The Morgan fingerprint density at radius 1 is 0.914 bits per heavy atom. The second kappa shape index (κ2) is 12.9. The van der Waals surface area contributed by atoms with Gasteiger partial charge in [-0.3, -0.25) is 9.59 Å². The lowest BCUT2D eigenvalue weighted by atomic mass is 10.1. The van der Waals surface area contributed by atoms with Crippen LogP contribution in [0, 0.1) is 12.7 Å². The fraction of sp³-hybridized carbons (Fsp3) is 0.379. The lowest BCUT2D eigenvalue weighted by Crippen LogP contribution is -2.43. The Hall–Kier alpha value is -3.41. The number of halogens is 1. The van der Waals surface area contributed by atoms with Crippen molar-refractivity contribution in [2.45, 2.75) is 53.1 Å². The van der Waals surface area contributed by atoms with Crippen molar-refractivity contribution in [3.8, 4) is 0 Å². The Balaban J connectivity index is 1.76. The number of amides is 2. The Morgan fingerprint density at radius 3 is 2.43 bits per heavy atom. The van der Waals surface area contributed by atoms with Crippen molar-refractivity contribution in [2.75, 3.05) is 19.6 Å². The predicted octanol–water partition coefficient (Wildman–Crippen LogP) is 5.67. The number of unbranched alkanes of at least 4 members (excludes halogenated alkanes) is 1. The Kier molecular flexibility index (Phi) is 9.65. The van der Waals surface area contributed by atoms with E-state index in [0.717, 1.165) is 25.1 Å². The quantitative estimate of drug-likeness (QED) is 0.338. The molecule has 3 aromatic rings. The highest BCUT2D eigenvalue weighted by atomic mass is 19.1. The molecule has 0 saturated heterocycles. The molecule has 1 aromatic heterocycles. The third-order valence-electron chi connectivity index (χ3n) is 6.06. The predicted molar refractivity (Wildman–Crippen MR) is 138 cm³/mol. The molecule has 3 rings (SSSR count). The highest BCUT2D eigenvalue weighted by Crippen LogP contribution is 2.15. The second-order valence-electron chi connectivity index (χ2n) is 8.99. The maximum absolute atomic E-state index is 14.3. The zero-order valence-electron chi connectivity index (χ0n) is 21.0. The van der Waals surface area contributed by atoms with E-state index in [4.69, 9.17) is 0 Å². The van der Waals surface area contributed by atoms with E-state index in [1.165, 1.54) is 28.2 Å². The fourth-order valence-corrected chi connectivity index (χ4v) is 4.18. The van der Waals surface area contributed by atoms with Crippen molar-refractivity contribution >= 4 is 11.8 Å². The number of aromatic nitrogens is 1. The number of carbonyl (C=O) groups excluding carboxylic acids is 2. The molecule has 0 aliphatic rings. The van der Waals surface area contributed by atoms with Gasteiger partial charge in [0.1, 0.15) is 12.4 Å². The van der Waals surface area contributed by atoms with E-state index in [1.807, 2.05) is 30.2 Å². The van der Waals surface area contributed by atoms with E-state index >= 15 is 0 Å². The average Bonchev–Trinajstić information content (AvgIpc) is 3.27. The van der Waals surface area contributed by atoms with Crippen molar-refractivity contribution in [3.05, 3.63) is 95.1 Å². The van der Waals surface area contributed by atoms with Crippen LogP contribution in [0.4, 0.5) is 4.39 Å². The molecule has 0 unspecified atom stereocenters. The van der Waals surface area contributed by atoms with Gasteiger partial charge < -0.3 is 14.4 Å². The number of hydrogen-bond donors (Lipinski definition) is 0. The van der Waals surface area contributed by atoms with Crippen LogP contribution in [0.25, 0.3) is 0 Å². The van der Waals surface area contributed by atoms with E-state index < -0.39 is 11.7 Å². The molecular formula is C29H36FN3O2. The van der Waals surface area contributed by atoms with Crippen molar-refractivity contribution in [3.63, 3.8) is 0 Å². The molecule has 0 fully saturated rings. The van der Waals surface area contributed by atoms with Gasteiger partial charge >= 0.3 is 0 Å². The van der Waals surface area contributed by atoms with Crippen LogP contribution < -0.4 is 0 Å². The lowest BCUT2D eigenvalue weighted by molar-refractivity contribution is -0.132. The summed E-state index contributed by atoms with van der Waals surface area (Å²) in [5.41, 5.74) is 3.46. The zero-order chi connectivity index (χ0) is 25.2. The number of nitrogens with zero attached hydrogens (tertiary/aromatic N) is 3. The summed E-state index contributed by atoms with van der Waals surface area (Å²) in [7, 11) is 0. The minimum absolute atomic E-state index is 0.000823. The largest absolute Gasteiger partial charge is 0.345 e. The van der Waals surface area contributed by atoms with Crippen molar-refractivity contribution in [1.82, 2.24) is 14.4 Å². The van der Waals surface area contributed by atoms with E-state index in [9.17, 15) is 14.0 Å². The molecule has 0 spiro atoms. The number of aryl methyl sites for hydroxylation is 1. The first-order valence-corrected chi connectivity index (χ1v) is 12.4. The van der Waals surface area contributed by atoms with Crippen LogP contribution in [0.1, 0.15) is 60.3 Å². The minimum Gasteiger partial charge on any atom is -0.345 e. The summed E-state index contributed by atoms with van der Waals surface area (Å²) in [6.45, 7) is 8.24.